The van der Waals surface area contributed by atoms with Crippen LogP contribution < -0.4 is 5.32 Å². The number of halogens is 2. The number of alkyl halides is 1. The molecule has 10 heteroatoms. The van der Waals surface area contributed by atoms with Gasteiger partial charge in [0, 0.05) is 19.6 Å². The Hall–Kier alpha value is -0.950. The molecule has 0 aliphatic carbocycles. The van der Waals surface area contributed by atoms with Gasteiger partial charge in [-0.15, -0.1) is 12.4 Å². The van der Waals surface area contributed by atoms with Crippen LogP contribution in [-0.2, 0) is 14.6 Å². The molecule has 1 N–H and O–H groups in total. The monoisotopic (exact) mass is 396 g/mol. The highest BCUT2D eigenvalue weighted by molar-refractivity contribution is 7.92. The summed E-state index contributed by atoms with van der Waals surface area (Å²) in [5.41, 5.74) is 0. The third kappa shape index (κ3) is 5.03. The van der Waals surface area contributed by atoms with Crippen molar-refractivity contribution < 1.29 is 17.6 Å². The molecule has 0 saturated carbocycles. The highest BCUT2D eigenvalue weighted by atomic mass is 35.5. The molecule has 0 aromatic carbocycles. The summed E-state index contributed by atoms with van der Waals surface area (Å²) in [7, 11) is -3.21. The summed E-state index contributed by atoms with van der Waals surface area (Å²) < 4.78 is 38.0. The van der Waals surface area contributed by atoms with Gasteiger partial charge in [0.25, 0.3) is 0 Å². The summed E-state index contributed by atoms with van der Waals surface area (Å²) in [5, 5.41) is 11.0. The number of nitrogens with zero attached hydrogens (tertiary/aromatic N) is 3. The van der Waals surface area contributed by atoms with Crippen molar-refractivity contribution in [3.63, 3.8) is 0 Å². The lowest BCUT2D eigenvalue weighted by Gasteiger charge is -2.26. The van der Waals surface area contributed by atoms with Crippen molar-refractivity contribution in [1.82, 2.24) is 15.1 Å². The van der Waals surface area contributed by atoms with Gasteiger partial charge in [-0.3, -0.25) is 15.0 Å². The van der Waals surface area contributed by atoms with E-state index in [2.05, 4.69) is 5.32 Å². The zero-order chi connectivity index (χ0) is 17.9. The van der Waals surface area contributed by atoms with E-state index in [0.29, 0.717) is 13.0 Å². The molecule has 0 aromatic heterocycles. The molecule has 2 saturated heterocycles. The van der Waals surface area contributed by atoms with E-state index in [4.69, 9.17) is 5.26 Å². The fourth-order valence-corrected chi connectivity index (χ4v) is 4.97. The second kappa shape index (κ2) is 9.12. The predicted molar refractivity (Wildman–Crippen MR) is 94.5 cm³/mol. The first-order chi connectivity index (χ1) is 11.3. The van der Waals surface area contributed by atoms with Crippen LogP contribution in [0.15, 0.2) is 0 Å². The fraction of sp³-hybridized carbons (Fsp3) is 0.867. The average molecular weight is 397 g/mol. The van der Waals surface area contributed by atoms with E-state index < -0.39 is 32.7 Å². The lowest BCUT2D eigenvalue weighted by molar-refractivity contribution is -0.130. The Labute approximate surface area is 154 Å². The molecule has 144 valence electrons. The third-order valence-electron chi connectivity index (χ3n) is 4.65. The van der Waals surface area contributed by atoms with E-state index in [9.17, 15) is 17.6 Å². The molecule has 0 bridgehead atoms. The molecule has 3 atom stereocenters. The molecule has 2 aliphatic heterocycles. The Kier molecular flexibility index (Phi) is 8.06. The molecule has 2 aliphatic rings. The highest BCUT2D eigenvalue weighted by Crippen LogP contribution is 2.24. The Morgan fingerprint density at radius 3 is 2.72 bits per heavy atom. The molecule has 0 unspecified atom stereocenters. The fourth-order valence-electron chi connectivity index (χ4n) is 3.25. The summed E-state index contributed by atoms with van der Waals surface area (Å²) in [5.74, 6) is -0.329. The van der Waals surface area contributed by atoms with Gasteiger partial charge >= 0.3 is 0 Å². The molecule has 0 spiro atoms. The lowest BCUT2D eigenvalue weighted by Crippen LogP contribution is -2.47. The minimum Gasteiger partial charge on any atom is -0.323 e. The van der Waals surface area contributed by atoms with Crippen LogP contribution in [0.3, 0.4) is 0 Å². The van der Waals surface area contributed by atoms with Gasteiger partial charge in [0.1, 0.15) is 17.6 Å². The van der Waals surface area contributed by atoms with Crippen molar-refractivity contribution in [2.45, 2.75) is 55.9 Å². The van der Waals surface area contributed by atoms with Gasteiger partial charge in [0.15, 0.2) is 9.84 Å². The van der Waals surface area contributed by atoms with Gasteiger partial charge in [0.2, 0.25) is 5.91 Å². The Balaban J connectivity index is 0.00000312. The number of carbonyl (C=O) groups excluding carboxylic acids is 1. The highest BCUT2D eigenvalue weighted by Gasteiger charge is 2.38. The molecular formula is C15H26ClFN4O3S. The maximum absolute atomic E-state index is 13.4. The Morgan fingerprint density at radius 1 is 1.44 bits per heavy atom. The molecule has 2 rings (SSSR count). The van der Waals surface area contributed by atoms with E-state index in [1.165, 1.54) is 4.90 Å². The minimum absolute atomic E-state index is 0. The average Bonchev–Trinajstić information content (AvgIpc) is 3.13. The van der Waals surface area contributed by atoms with Crippen molar-refractivity contribution in [2.75, 3.05) is 26.3 Å². The zero-order valence-electron chi connectivity index (χ0n) is 14.5. The summed E-state index contributed by atoms with van der Waals surface area (Å²) in [4.78, 5) is 15.2. The van der Waals surface area contributed by atoms with Crippen LogP contribution in [0.5, 0.6) is 0 Å². The van der Waals surface area contributed by atoms with Gasteiger partial charge in [-0.1, -0.05) is 0 Å². The first kappa shape index (κ1) is 22.1. The molecule has 0 radical (unpaired) electrons. The smallest absolute Gasteiger partial charge is 0.237 e. The number of amides is 1. The first-order valence-electron chi connectivity index (χ1n) is 8.28. The van der Waals surface area contributed by atoms with E-state index in [1.807, 2.05) is 11.0 Å². The minimum atomic E-state index is -3.21. The van der Waals surface area contributed by atoms with E-state index >= 15 is 0 Å². The lowest BCUT2D eigenvalue weighted by atomic mass is 10.2. The van der Waals surface area contributed by atoms with Crippen LogP contribution in [0.1, 0.15) is 33.1 Å². The van der Waals surface area contributed by atoms with Gasteiger partial charge in [0.05, 0.1) is 24.4 Å². The van der Waals surface area contributed by atoms with Crippen LogP contribution in [0, 0.1) is 11.3 Å². The second-order valence-corrected chi connectivity index (χ2v) is 9.32. The molecule has 25 heavy (non-hydrogen) atoms. The molecule has 7 nitrogen and oxygen atoms in total. The molecule has 1 amide bonds. The Morgan fingerprint density at radius 2 is 2.12 bits per heavy atom. The summed E-state index contributed by atoms with van der Waals surface area (Å²) in [6.07, 6.45) is 0.307. The summed E-state index contributed by atoms with van der Waals surface area (Å²) >= 11 is 0. The summed E-state index contributed by atoms with van der Waals surface area (Å²) in [6, 6.07) is 1.23. The number of nitrogens with one attached hydrogen (secondary N) is 1. The van der Waals surface area contributed by atoms with Gasteiger partial charge < -0.3 is 4.90 Å². The summed E-state index contributed by atoms with van der Waals surface area (Å²) in [6.45, 7) is 4.21. The number of nitriles is 1. The number of rotatable bonds is 6. The van der Waals surface area contributed by atoms with Crippen molar-refractivity contribution in [2.24, 2.45) is 0 Å². The number of hydrogen-bond acceptors (Lipinski definition) is 6. The Bertz CT molecular complexity index is 610. The van der Waals surface area contributed by atoms with Crippen LogP contribution in [-0.4, -0.2) is 73.3 Å². The van der Waals surface area contributed by atoms with E-state index in [0.717, 1.165) is 6.42 Å². The largest absolute Gasteiger partial charge is 0.323 e. The number of hydrogen-bond donors (Lipinski definition) is 1. The van der Waals surface area contributed by atoms with Gasteiger partial charge in [-0.2, -0.15) is 5.26 Å². The maximum atomic E-state index is 13.4. The maximum Gasteiger partial charge on any atom is 0.237 e. The van der Waals surface area contributed by atoms with E-state index in [-0.39, 0.29) is 44.5 Å². The van der Waals surface area contributed by atoms with Gasteiger partial charge in [-0.25, -0.2) is 12.8 Å². The predicted octanol–water partition coefficient (Wildman–Crippen LogP) is 0.663. The topological polar surface area (TPSA) is 93.5 Å². The molecule has 0 aromatic rings. The quantitative estimate of drug-likeness (QED) is 0.709. The number of sulfone groups is 1. The van der Waals surface area contributed by atoms with Crippen LogP contribution in [0.25, 0.3) is 0 Å². The van der Waals surface area contributed by atoms with Gasteiger partial charge in [-0.05, 0) is 26.7 Å². The van der Waals surface area contributed by atoms with Crippen molar-refractivity contribution >= 4 is 28.2 Å². The third-order valence-corrected chi connectivity index (χ3v) is 7.26. The van der Waals surface area contributed by atoms with Crippen molar-refractivity contribution in [3.05, 3.63) is 0 Å². The number of carbonyl (C=O) groups is 1. The molecule has 2 fully saturated rings. The van der Waals surface area contributed by atoms with Crippen molar-refractivity contribution in [3.8, 4) is 6.07 Å². The SMILES string of the molecule is CC(C)S(=O)(=O)[C@@H]1CCCN1CNCC(=O)N1C[C@@H](F)C[C@H]1C#N.Cl. The van der Waals surface area contributed by atoms with Crippen LogP contribution in [0.2, 0.25) is 0 Å². The van der Waals surface area contributed by atoms with Crippen LogP contribution in [0.4, 0.5) is 4.39 Å². The first-order valence-corrected chi connectivity index (χ1v) is 9.89. The molecular weight excluding hydrogens is 371 g/mol. The van der Waals surface area contributed by atoms with Crippen LogP contribution >= 0.6 is 12.4 Å². The second-order valence-electron chi connectivity index (χ2n) is 6.66. The zero-order valence-corrected chi connectivity index (χ0v) is 16.2. The van der Waals surface area contributed by atoms with E-state index in [1.54, 1.807) is 13.8 Å². The molecule has 2 heterocycles. The van der Waals surface area contributed by atoms with Crippen molar-refractivity contribution in [1.29, 1.82) is 5.26 Å². The number of likely N-dealkylation sites (tertiary alicyclic amines) is 2. The standard InChI is InChI=1S/C15H25FN4O3S.ClH/c1-11(2)24(22,23)15-4-3-5-19(15)10-18-8-14(21)20-9-12(16)6-13(20)7-17;/h11-13,15,18H,3-6,8-10H2,1-2H3;1H/t12-,13-,15+;/m0./s1. The normalized spacial score (nSPS) is 27.3.